The van der Waals surface area contributed by atoms with Crippen LogP contribution in [0.4, 0.5) is 4.39 Å². The third-order valence-corrected chi connectivity index (χ3v) is 2.02. The Labute approximate surface area is 89.2 Å². The molecule has 2 aromatic rings. The Morgan fingerprint density at radius 3 is 2.56 bits per heavy atom. The number of nitrogens with one attached hydrogen (secondary N) is 1. The molecule has 0 saturated carbocycles. The van der Waals surface area contributed by atoms with Gasteiger partial charge in [0.15, 0.2) is 0 Å². The highest BCUT2D eigenvalue weighted by atomic mass is 19.1. The van der Waals surface area contributed by atoms with Crippen LogP contribution in [-0.2, 0) is 6.54 Å². The van der Waals surface area contributed by atoms with E-state index in [2.05, 4.69) is 10.1 Å². The summed E-state index contributed by atoms with van der Waals surface area (Å²) in [5, 5.41) is 3.66. The highest BCUT2D eigenvalue weighted by Gasteiger charge is 1.99. The Morgan fingerprint density at radius 2 is 1.94 bits per heavy atom. The van der Waals surface area contributed by atoms with Gasteiger partial charge in [-0.05, 0) is 17.7 Å². The predicted octanol–water partition coefficient (Wildman–Crippen LogP) is 0.119. The molecule has 5 nitrogen and oxygen atoms in total. The molecule has 82 valence electrons. The number of aromatic nitrogens is 3. The number of H-pyrrole nitrogens is 1. The predicted molar refractivity (Wildman–Crippen MR) is 54.6 cm³/mol. The van der Waals surface area contributed by atoms with Crippen LogP contribution in [-0.4, -0.2) is 14.8 Å². The van der Waals surface area contributed by atoms with Gasteiger partial charge >= 0.3 is 5.69 Å². The summed E-state index contributed by atoms with van der Waals surface area (Å²) in [5.74, 6) is -0.342. The van der Waals surface area contributed by atoms with Crippen LogP contribution >= 0.6 is 0 Å². The lowest BCUT2D eigenvalue weighted by Crippen LogP contribution is -2.31. The molecule has 0 unspecified atom stereocenters. The van der Waals surface area contributed by atoms with Crippen molar-refractivity contribution in [2.45, 2.75) is 6.54 Å². The van der Waals surface area contributed by atoms with E-state index >= 15 is 0 Å². The molecule has 0 bridgehead atoms. The van der Waals surface area contributed by atoms with Crippen molar-refractivity contribution >= 4 is 0 Å². The van der Waals surface area contributed by atoms with Gasteiger partial charge in [0.2, 0.25) is 0 Å². The second-order valence-corrected chi connectivity index (χ2v) is 3.22. The molecule has 0 saturated heterocycles. The number of aromatic amines is 1. The third-order valence-electron chi connectivity index (χ3n) is 2.02. The van der Waals surface area contributed by atoms with Crippen LogP contribution in [0.1, 0.15) is 5.56 Å². The smallest absolute Gasteiger partial charge is 0.271 e. The lowest BCUT2D eigenvalue weighted by molar-refractivity contribution is 0.602. The first-order valence-electron chi connectivity index (χ1n) is 4.56. The molecule has 0 fully saturated rings. The van der Waals surface area contributed by atoms with E-state index in [0.717, 1.165) is 16.4 Å². The molecule has 0 spiro atoms. The van der Waals surface area contributed by atoms with Gasteiger partial charge in [0.05, 0.1) is 6.54 Å². The average molecular weight is 221 g/mol. The fourth-order valence-electron chi connectivity index (χ4n) is 1.25. The molecule has 16 heavy (non-hydrogen) atoms. The Morgan fingerprint density at radius 1 is 1.25 bits per heavy atom. The van der Waals surface area contributed by atoms with E-state index in [9.17, 15) is 14.0 Å². The van der Waals surface area contributed by atoms with E-state index < -0.39 is 11.2 Å². The van der Waals surface area contributed by atoms with Crippen LogP contribution in [0.2, 0.25) is 0 Å². The van der Waals surface area contributed by atoms with Crippen LogP contribution in [0.15, 0.2) is 40.1 Å². The molecule has 1 N–H and O–H groups in total. The lowest BCUT2D eigenvalue weighted by atomic mass is 10.2. The SMILES string of the molecule is O=c1cnn(Cc2ccc(F)cc2)c(=O)[nH]1. The van der Waals surface area contributed by atoms with Crippen molar-refractivity contribution in [3.8, 4) is 0 Å². The van der Waals surface area contributed by atoms with Gasteiger partial charge in [-0.25, -0.2) is 13.9 Å². The van der Waals surface area contributed by atoms with E-state index in [4.69, 9.17) is 0 Å². The van der Waals surface area contributed by atoms with Gasteiger partial charge < -0.3 is 0 Å². The van der Waals surface area contributed by atoms with E-state index in [0.29, 0.717) is 0 Å². The molecule has 0 radical (unpaired) electrons. The van der Waals surface area contributed by atoms with Gasteiger partial charge in [-0.2, -0.15) is 5.10 Å². The van der Waals surface area contributed by atoms with Crippen LogP contribution in [0.3, 0.4) is 0 Å². The molecule has 0 aliphatic rings. The number of halogens is 1. The summed E-state index contributed by atoms with van der Waals surface area (Å²) in [5.41, 5.74) is -0.403. The second-order valence-electron chi connectivity index (χ2n) is 3.22. The first kappa shape index (κ1) is 10.3. The maximum atomic E-state index is 12.6. The standard InChI is InChI=1S/C10H8FN3O2/c11-8-3-1-7(2-4-8)6-14-10(16)13-9(15)5-12-14/h1-5H,6H2,(H,13,15,16). The fraction of sp³-hybridized carbons (Fsp3) is 0.100. The second kappa shape index (κ2) is 4.09. The van der Waals surface area contributed by atoms with Crippen molar-refractivity contribution < 1.29 is 4.39 Å². The van der Waals surface area contributed by atoms with Crippen molar-refractivity contribution in [1.29, 1.82) is 0 Å². The number of rotatable bonds is 2. The maximum Gasteiger partial charge on any atom is 0.345 e. The number of hydrogen-bond donors (Lipinski definition) is 1. The van der Waals surface area contributed by atoms with Gasteiger partial charge in [0.25, 0.3) is 5.56 Å². The summed E-state index contributed by atoms with van der Waals surface area (Å²) in [6, 6.07) is 5.70. The van der Waals surface area contributed by atoms with Crippen LogP contribution in [0.5, 0.6) is 0 Å². The maximum absolute atomic E-state index is 12.6. The Kier molecular flexibility index (Phi) is 2.63. The van der Waals surface area contributed by atoms with Crippen molar-refractivity contribution in [3.63, 3.8) is 0 Å². The van der Waals surface area contributed by atoms with Gasteiger partial charge in [-0.1, -0.05) is 12.1 Å². The normalized spacial score (nSPS) is 10.3. The Balaban J connectivity index is 2.30. The highest BCUT2D eigenvalue weighted by Crippen LogP contribution is 2.02. The summed E-state index contributed by atoms with van der Waals surface area (Å²) >= 11 is 0. The summed E-state index contributed by atoms with van der Waals surface area (Å²) in [6.45, 7) is 0.190. The minimum absolute atomic E-state index is 0.190. The summed E-state index contributed by atoms with van der Waals surface area (Å²) in [7, 11) is 0. The monoisotopic (exact) mass is 221 g/mol. The topological polar surface area (TPSA) is 67.8 Å². The van der Waals surface area contributed by atoms with E-state index in [1.807, 2.05) is 0 Å². The molecule has 2 rings (SSSR count). The summed E-state index contributed by atoms with van der Waals surface area (Å²) in [4.78, 5) is 24.1. The first-order chi connectivity index (χ1) is 7.65. The van der Waals surface area contributed by atoms with E-state index in [1.54, 1.807) is 12.1 Å². The van der Waals surface area contributed by atoms with Crippen molar-refractivity contribution in [2.24, 2.45) is 0 Å². The zero-order valence-electron chi connectivity index (χ0n) is 8.18. The molecule has 0 atom stereocenters. The summed E-state index contributed by atoms with van der Waals surface area (Å²) in [6.07, 6.45) is 1.02. The Bertz CT molecular complexity index is 600. The van der Waals surface area contributed by atoms with Crippen molar-refractivity contribution in [2.75, 3.05) is 0 Å². The quantitative estimate of drug-likeness (QED) is 0.783. The lowest BCUT2D eigenvalue weighted by Gasteiger charge is -2.02. The highest BCUT2D eigenvalue weighted by molar-refractivity contribution is 5.15. The number of nitrogens with zero attached hydrogens (tertiary/aromatic N) is 2. The molecule has 0 aliphatic carbocycles. The van der Waals surface area contributed by atoms with Crippen molar-refractivity contribution in [1.82, 2.24) is 14.8 Å². The van der Waals surface area contributed by atoms with Crippen molar-refractivity contribution in [3.05, 3.63) is 62.7 Å². The Hall–Kier alpha value is -2.24. The first-order valence-corrected chi connectivity index (χ1v) is 4.56. The minimum atomic E-state index is -0.586. The molecule has 6 heteroatoms. The average Bonchev–Trinajstić information content (AvgIpc) is 2.25. The van der Waals surface area contributed by atoms with Crippen LogP contribution in [0.25, 0.3) is 0 Å². The molecule has 0 amide bonds. The fourth-order valence-corrected chi connectivity index (χ4v) is 1.25. The van der Waals surface area contributed by atoms with E-state index in [-0.39, 0.29) is 12.4 Å². The molecule has 1 aromatic heterocycles. The van der Waals surface area contributed by atoms with E-state index in [1.165, 1.54) is 12.1 Å². The molecular formula is C10H8FN3O2. The largest absolute Gasteiger partial charge is 0.345 e. The zero-order chi connectivity index (χ0) is 11.5. The zero-order valence-corrected chi connectivity index (χ0v) is 8.18. The molecule has 1 aromatic carbocycles. The summed E-state index contributed by atoms with van der Waals surface area (Å²) < 4.78 is 13.7. The van der Waals surface area contributed by atoms with Gasteiger partial charge in [-0.3, -0.25) is 9.78 Å². The van der Waals surface area contributed by atoms with Gasteiger partial charge in [0, 0.05) is 0 Å². The van der Waals surface area contributed by atoms with Crippen LogP contribution < -0.4 is 11.2 Å². The minimum Gasteiger partial charge on any atom is -0.271 e. The van der Waals surface area contributed by atoms with Gasteiger partial charge in [-0.15, -0.1) is 0 Å². The number of hydrogen-bond acceptors (Lipinski definition) is 3. The molecule has 1 heterocycles. The molecular weight excluding hydrogens is 213 g/mol. The molecule has 0 aliphatic heterocycles. The van der Waals surface area contributed by atoms with Crippen LogP contribution in [0, 0.1) is 5.82 Å². The third kappa shape index (κ3) is 2.22. The van der Waals surface area contributed by atoms with Gasteiger partial charge in [0.1, 0.15) is 12.0 Å². The number of benzene rings is 1.